The minimum absolute atomic E-state index is 0.318. The highest BCUT2D eigenvalue weighted by Crippen LogP contribution is 2.14. The van der Waals surface area contributed by atoms with Crippen molar-refractivity contribution in [3.8, 4) is 5.88 Å². The molecule has 15 heavy (non-hydrogen) atoms. The van der Waals surface area contributed by atoms with Gasteiger partial charge in [0, 0.05) is 13.2 Å². The Morgan fingerprint density at radius 1 is 1.53 bits per heavy atom. The van der Waals surface area contributed by atoms with Gasteiger partial charge in [-0.15, -0.1) is 6.58 Å². The van der Waals surface area contributed by atoms with Crippen LogP contribution in [0.25, 0.3) is 0 Å². The molecule has 0 saturated carbocycles. The van der Waals surface area contributed by atoms with Gasteiger partial charge in [-0.05, 0) is 6.42 Å². The second-order valence-corrected chi connectivity index (χ2v) is 3.19. The SMILES string of the molecule is C=CCCOc1cc(Cl)nc(COC)n1. The fourth-order valence-electron chi connectivity index (χ4n) is 0.956. The summed E-state index contributed by atoms with van der Waals surface area (Å²) < 4.78 is 10.3. The molecule has 0 saturated heterocycles. The first-order chi connectivity index (χ1) is 7.26. The van der Waals surface area contributed by atoms with E-state index in [9.17, 15) is 0 Å². The Morgan fingerprint density at radius 3 is 3.00 bits per heavy atom. The number of rotatable bonds is 6. The predicted molar refractivity (Wildman–Crippen MR) is 58.1 cm³/mol. The van der Waals surface area contributed by atoms with E-state index in [-0.39, 0.29) is 0 Å². The molecule has 4 nitrogen and oxygen atoms in total. The highest BCUT2D eigenvalue weighted by molar-refractivity contribution is 6.29. The summed E-state index contributed by atoms with van der Waals surface area (Å²) in [6.45, 7) is 4.45. The highest BCUT2D eigenvalue weighted by atomic mass is 35.5. The van der Waals surface area contributed by atoms with Crippen LogP contribution in [0.2, 0.25) is 5.15 Å². The van der Waals surface area contributed by atoms with Gasteiger partial charge in [0.25, 0.3) is 0 Å². The third-order valence-corrected chi connectivity index (χ3v) is 1.76. The predicted octanol–water partition coefficient (Wildman–Crippen LogP) is 2.23. The number of hydrogen-bond donors (Lipinski definition) is 0. The Labute approximate surface area is 93.9 Å². The molecule has 0 radical (unpaired) electrons. The average Bonchev–Trinajstić information content (AvgIpc) is 2.18. The standard InChI is InChI=1S/C10H13ClN2O2/c1-3-4-5-15-10-6-8(11)12-9(13-10)7-14-2/h3,6H,1,4-5,7H2,2H3. The Morgan fingerprint density at radius 2 is 2.33 bits per heavy atom. The van der Waals surface area contributed by atoms with Crippen molar-refractivity contribution in [3.63, 3.8) is 0 Å². The van der Waals surface area contributed by atoms with Crippen molar-refractivity contribution in [2.24, 2.45) is 0 Å². The third kappa shape index (κ3) is 4.27. The fraction of sp³-hybridized carbons (Fsp3) is 0.400. The summed E-state index contributed by atoms with van der Waals surface area (Å²) in [6, 6.07) is 1.57. The molecule has 0 aliphatic rings. The van der Waals surface area contributed by atoms with Crippen molar-refractivity contribution in [1.29, 1.82) is 0 Å². The Bertz CT molecular complexity index is 331. The summed E-state index contributed by atoms with van der Waals surface area (Å²) >= 11 is 5.79. The van der Waals surface area contributed by atoms with Crippen LogP contribution in [0.5, 0.6) is 5.88 Å². The van der Waals surface area contributed by atoms with Gasteiger partial charge in [0.05, 0.1) is 6.61 Å². The minimum atomic E-state index is 0.318. The summed E-state index contributed by atoms with van der Waals surface area (Å²) in [5.41, 5.74) is 0. The lowest BCUT2D eigenvalue weighted by molar-refractivity contribution is 0.176. The summed E-state index contributed by atoms with van der Waals surface area (Å²) in [5, 5.41) is 0.352. The largest absolute Gasteiger partial charge is 0.477 e. The highest BCUT2D eigenvalue weighted by Gasteiger charge is 2.03. The van der Waals surface area contributed by atoms with Gasteiger partial charge >= 0.3 is 0 Å². The lowest BCUT2D eigenvalue weighted by Crippen LogP contribution is -2.02. The molecule has 0 bridgehead atoms. The van der Waals surface area contributed by atoms with Crippen LogP contribution < -0.4 is 4.74 Å². The quantitative estimate of drug-likeness (QED) is 0.426. The van der Waals surface area contributed by atoms with E-state index in [1.165, 1.54) is 0 Å². The van der Waals surface area contributed by atoms with Gasteiger partial charge in [-0.1, -0.05) is 17.7 Å². The van der Waals surface area contributed by atoms with Gasteiger partial charge < -0.3 is 9.47 Å². The van der Waals surface area contributed by atoms with Gasteiger partial charge in [-0.2, -0.15) is 4.98 Å². The van der Waals surface area contributed by atoms with Gasteiger partial charge in [0.15, 0.2) is 5.82 Å². The zero-order chi connectivity index (χ0) is 11.1. The summed E-state index contributed by atoms with van der Waals surface area (Å²) in [4.78, 5) is 8.10. The molecule has 0 amide bonds. The van der Waals surface area contributed by atoms with Crippen LogP contribution in [0.4, 0.5) is 0 Å². The number of ether oxygens (including phenoxy) is 2. The molecule has 0 aliphatic carbocycles. The minimum Gasteiger partial charge on any atom is -0.477 e. The molecule has 1 aromatic rings. The van der Waals surface area contributed by atoms with Crippen molar-refractivity contribution < 1.29 is 9.47 Å². The Hall–Kier alpha value is -1.13. The lowest BCUT2D eigenvalue weighted by atomic mass is 10.4. The molecular weight excluding hydrogens is 216 g/mol. The first-order valence-electron chi connectivity index (χ1n) is 4.52. The molecule has 0 unspecified atom stereocenters. The fourth-order valence-corrected chi connectivity index (χ4v) is 1.15. The van der Waals surface area contributed by atoms with E-state index in [1.807, 2.05) is 0 Å². The molecule has 0 aliphatic heterocycles. The van der Waals surface area contributed by atoms with Crippen LogP contribution >= 0.6 is 11.6 Å². The summed E-state index contributed by atoms with van der Waals surface area (Å²) in [7, 11) is 1.57. The second-order valence-electron chi connectivity index (χ2n) is 2.80. The van der Waals surface area contributed by atoms with Crippen molar-refractivity contribution >= 4 is 11.6 Å². The molecule has 1 aromatic heterocycles. The monoisotopic (exact) mass is 228 g/mol. The zero-order valence-corrected chi connectivity index (χ0v) is 9.33. The lowest BCUT2D eigenvalue weighted by Gasteiger charge is -2.05. The molecule has 0 atom stereocenters. The topological polar surface area (TPSA) is 44.2 Å². The molecule has 5 heteroatoms. The number of halogens is 1. The Kier molecular flexibility index (Phi) is 5.07. The van der Waals surface area contributed by atoms with E-state index >= 15 is 0 Å². The van der Waals surface area contributed by atoms with Crippen LogP contribution in [0.3, 0.4) is 0 Å². The molecule has 1 heterocycles. The average molecular weight is 229 g/mol. The maximum atomic E-state index is 5.79. The van der Waals surface area contributed by atoms with Crippen LogP contribution in [0.1, 0.15) is 12.2 Å². The van der Waals surface area contributed by atoms with E-state index in [0.717, 1.165) is 6.42 Å². The number of nitrogens with zero attached hydrogens (tertiary/aromatic N) is 2. The first-order valence-corrected chi connectivity index (χ1v) is 4.90. The maximum absolute atomic E-state index is 5.79. The van der Waals surface area contributed by atoms with Crippen LogP contribution in [-0.4, -0.2) is 23.7 Å². The van der Waals surface area contributed by atoms with Gasteiger partial charge in [-0.25, -0.2) is 4.98 Å². The number of methoxy groups -OCH3 is 1. The van der Waals surface area contributed by atoms with Crippen LogP contribution in [-0.2, 0) is 11.3 Å². The third-order valence-electron chi connectivity index (χ3n) is 1.56. The van der Waals surface area contributed by atoms with E-state index in [0.29, 0.717) is 30.1 Å². The summed E-state index contributed by atoms with van der Waals surface area (Å²) in [5.74, 6) is 0.975. The van der Waals surface area contributed by atoms with Gasteiger partial charge in [-0.3, -0.25) is 0 Å². The molecule has 0 spiro atoms. The van der Waals surface area contributed by atoms with E-state index in [1.54, 1.807) is 19.3 Å². The smallest absolute Gasteiger partial charge is 0.218 e. The number of hydrogen-bond acceptors (Lipinski definition) is 4. The van der Waals surface area contributed by atoms with Gasteiger partial charge in [0.1, 0.15) is 11.8 Å². The van der Waals surface area contributed by atoms with E-state index in [4.69, 9.17) is 21.1 Å². The molecule has 1 rings (SSSR count). The molecule has 0 N–H and O–H groups in total. The normalized spacial score (nSPS) is 10.0. The van der Waals surface area contributed by atoms with Crippen LogP contribution in [0.15, 0.2) is 18.7 Å². The van der Waals surface area contributed by atoms with Crippen molar-refractivity contribution in [3.05, 3.63) is 29.7 Å². The second kappa shape index (κ2) is 6.37. The van der Waals surface area contributed by atoms with E-state index in [2.05, 4.69) is 16.5 Å². The molecule has 0 aromatic carbocycles. The zero-order valence-electron chi connectivity index (χ0n) is 8.57. The number of aromatic nitrogens is 2. The van der Waals surface area contributed by atoms with E-state index < -0.39 is 0 Å². The molecular formula is C10H13ClN2O2. The molecule has 0 fully saturated rings. The summed E-state index contributed by atoms with van der Waals surface area (Å²) in [6.07, 6.45) is 2.54. The van der Waals surface area contributed by atoms with Crippen LogP contribution in [0, 0.1) is 0 Å². The van der Waals surface area contributed by atoms with Gasteiger partial charge in [0.2, 0.25) is 5.88 Å². The van der Waals surface area contributed by atoms with Crippen molar-refractivity contribution in [2.45, 2.75) is 13.0 Å². The Balaban J connectivity index is 2.65. The maximum Gasteiger partial charge on any atom is 0.218 e. The first kappa shape index (κ1) is 11.9. The van der Waals surface area contributed by atoms with Crippen molar-refractivity contribution in [2.75, 3.05) is 13.7 Å². The van der Waals surface area contributed by atoms with Crippen molar-refractivity contribution in [1.82, 2.24) is 9.97 Å². The molecule has 82 valence electrons.